The smallest absolute Gasteiger partial charge is 0.410 e. The molecular weight excluding hydrogens is 310 g/mol. The Hall–Kier alpha value is -2.55. The van der Waals surface area contributed by atoms with Crippen LogP contribution < -0.4 is 0 Å². The zero-order chi connectivity index (χ0) is 17.9. The van der Waals surface area contributed by atoms with Crippen LogP contribution in [0, 0.1) is 0 Å². The lowest BCUT2D eigenvalue weighted by Gasteiger charge is -2.29. The molecule has 3 rings (SSSR count). The molecule has 25 heavy (non-hydrogen) atoms. The van der Waals surface area contributed by atoms with Crippen molar-refractivity contribution in [1.29, 1.82) is 0 Å². The molecule has 1 amide bonds. The van der Waals surface area contributed by atoms with Gasteiger partial charge in [-0.15, -0.1) is 0 Å². The van der Waals surface area contributed by atoms with Gasteiger partial charge in [-0.05, 0) is 55.5 Å². The third kappa shape index (κ3) is 4.50. The van der Waals surface area contributed by atoms with E-state index in [-0.39, 0.29) is 6.09 Å². The molecule has 3 nitrogen and oxygen atoms in total. The first kappa shape index (κ1) is 17.3. The minimum Gasteiger partial charge on any atom is -0.444 e. The molecule has 0 radical (unpaired) electrons. The Morgan fingerprint density at radius 3 is 2.28 bits per heavy atom. The highest BCUT2D eigenvalue weighted by atomic mass is 16.6. The summed E-state index contributed by atoms with van der Waals surface area (Å²) in [5.41, 5.74) is 4.50. The van der Waals surface area contributed by atoms with Crippen LogP contribution in [0.1, 0.15) is 32.8 Å². The zero-order valence-corrected chi connectivity index (χ0v) is 15.2. The number of rotatable bonds is 2. The maximum absolute atomic E-state index is 12.2. The Morgan fingerprint density at radius 2 is 1.64 bits per heavy atom. The van der Waals surface area contributed by atoms with Crippen molar-refractivity contribution in [3.8, 4) is 11.1 Å². The Bertz CT molecular complexity index is 772. The van der Waals surface area contributed by atoms with Gasteiger partial charge in [0, 0.05) is 13.1 Å². The van der Waals surface area contributed by atoms with Gasteiger partial charge in [0.15, 0.2) is 0 Å². The van der Waals surface area contributed by atoms with E-state index in [0.29, 0.717) is 13.1 Å². The van der Waals surface area contributed by atoms with Gasteiger partial charge in [0.25, 0.3) is 0 Å². The summed E-state index contributed by atoms with van der Waals surface area (Å²) in [5, 5.41) is 0. The van der Waals surface area contributed by atoms with Crippen molar-refractivity contribution in [1.82, 2.24) is 4.90 Å². The van der Waals surface area contributed by atoms with Crippen LogP contribution in [0.15, 0.2) is 60.7 Å². The molecule has 0 aliphatic carbocycles. The summed E-state index contributed by atoms with van der Waals surface area (Å²) in [6.07, 6.45) is 2.75. The molecule has 1 aliphatic heterocycles. The van der Waals surface area contributed by atoms with Crippen LogP contribution in [0.5, 0.6) is 0 Å². The second-order valence-electron chi connectivity index (χ2n) is 7.35. The molecule has 0 spiro atoms. The summed E-state index contributed by atoms with van der Waals surface area (Å²) in [7, 11) is 0. The topological polar surface area (TPSA) is 29.5 Å². The fraction of sp³-hybridized carbons (Fsp3) is 0.318. The monoisotopic (exact) mass is 335 g/mol. The van der Waals surface area contributed by atoms with Gasteiger partial charge in [0.2, 0.25) is 0 Å². The first-order chi connectivity index (χ1) is 11.9. The first-order valence-corrected chi connectivity index (χ1v) is 8.75. The number of carbonyl (C=O) groups excluding carboxylic acids is 1. The molecule has 0 saturated heterocycles. The second-order valence-corrected chi connectivity index (χ2v) is 7.35. The van der Waals surface area contributed by atoms with Crippen LogP contribution in [0.25, 0.3) is 16.7 Å². The SMILES string of the molecule is CC(C)(C)OC(=O)N1CC=C(c2cccc(-c3ccccc3)c2)CC1. The number of nitrogens with zero attached hydrogens (tertiary/aromatic N) is 1. The highest BCUT2D eigenvalue weighted by molar-refractivity contribution is 5.75. The molecule has 0 bridgehead atoms. The van der Waals surface area contributed by atoms with Crippen molar-refractivity contribution in [3.05, 3.63) is 66.2 Å². The van der Waals surface area contributed by atoms with Gasteiger partial charge in [-0.2, -0.15) is 0 Å². The van der Waals surface area contributed by atoms with E-state index in [0.717, 1.165) is 6.42 Å². The number of hydrogen-bond donors (Lipinski definition) is 0. The molecule has 0 unspecified atom stereocenters. The van der Waals surface area contributed by atoms with Gasteiger partial charge in [0.05, 0.1) is 0 Å². The molecular formula is C22H25NO2. The lowest BCUT2D eigenvalue weighted by Crippen LogP contribution is -2.39. The van der Waals surface area contributed by atoms with Crippen molar-refractivity contribution in [3.63, 3.8) is 0 Å². The summed E-state index contributed by atoms with van der Waals surface area (Å²) in [4.78, 5) is 13.9. The van der Waals surface area contributed by atoms with E-state index in [1.54, 1.807) is 4.90 Å². The predicted molar refractivity (Wildman–Crippen MR) is 102 cm³/mol. The summed E-state index contributed by atoms with van der Waals surface area (Å²) in [6, 6.07) is 19.0. The number of carbonyl (C=O) groups is 1. The molecule has 1 heterocycles. The van der Waals surface area contributed by atoms with Crippen LogP contribution in [0.2, 0.25) is 0 Å². The maximum Gasteiger partial charge on any atom is 0.410 e. The van der Waals surface area contributed by atoms with Crippen molar-refractivity contribution in [2.24, 2.45) is 0 Å². The Labute approximate surface area is 149 Å². The molecule has 130 valence electrons. The van der Waals surface area contributed by atoms with Gasteiger partial charge >= 0.3 is 6.09 Å². The van der Waals surface area contributed by atoms with E-state index in [1.165, 1.54) is 22.3 Å². The molecule has 1 aliphatic rings. The molecule has 3 heteroatoms. The quantitative estimate of drug-likeness (QED) is 0.737. The van der Waals surface area contributed by atoms with Crippen LogP contribution in [0.3, 0.4) is 0 Å². The van der Waals surface area contributed by atoms with Crippen LogP contribution in [-0.2, 0) is 4.74 Å². The minimum absolute atomic E-state index is 0.235. The second kappa shape index (κ2) is 7.14. The van der Waals surface area contributed by atoms with E-state index < -0.39 is 5.60 Å². The maximum atomic E-state index is 12.2. The molecule has 2 aromatic carbocycles. The number of ether oxygens (including phenoxy) is 1. The minimum atomic E-state index is -0.453. The lowest BCUT2D eigenvalue weighted by atomic mass is 9.96. The van der Waals surface area contributed by atoms with Crippen LogP contribution >= 0.6 is 0 Å². The largest absolute Gasteiger partial charge is 0.444 e. The van der Waals surface area contributed by atoms with E-state index in [9.17, 15) is 4.79 Å². The molecule has 0 saturated carbocycles. The normalized spacial score (nSPS) is 14.8. The van der Waals surface area contributed by atoms with Crippen molar-refractivity contribution >= 4 is 11.7 Å². The van der Waals surface area contributed by atoms with E-state index >= 15 is 0 Å². The average molecular weight is 335 g/mol. The zero-order valence-electron chi connectivity index (χ0n) is 15.2. The fourth-order valence-corrected chi connectivity index (χ4v) is 2.95. The average Bonchev–Trinajstić information content (AvgIpc) is 2.61. The van der Waals surface area contributed by atoms with E-state index in [2.05, 4.69) is 54.6 Å². The fourth-order valence-electron chi connectivity index (χ4n) is 2.95. The molecule has 0 fully saturated rings. The Kier molecular flexibility index (Phi) is 4.93. The predicted octanol–water partition coefficient (Wildman–Crippen LogP) is 5.38. The summed E-state index contributed by atoms with van der Waals surface area (Å²) < 4.78 is 5.45. The number of amides is 1. The van der Waals surface area contributed by atoms with Gasteiger partial charge in [-0.25, -0.2) is 4.79 Å². The van der Waals surface area contributed by atoms with Crippen LogP contribution in [-0.4, -0.2) is 29.7 Å². The van der Waals surface area contributed by atoms with Gasteiger partial charge in [-0.3, -0.25) is 0 Å². The Morgan fingerprint density at radius 1 is 0.960 bits per heavy atom. The van der Waals surface area contributed by atoms with Crippen molar-refractivity contribution in [2.75, 3.05) is 13.1 Å². The molecule has 0 atom stereocenters. The molecule has 2 aromatic rings. The van der Waals surface area contributed by atoms with Crippen molar-refractivity contribution in [2.45, 2.75) is 32.8 Å². The molecule has 0 N–H and O–H groups in total. The molecule has 0 aromatic heterocycles. The number of hydrogen-bond acceptors (Lipinski definition) is 2. The Balaban J connectivity index is 1.73. The first-order valence-electron chi connectivity index (χ1n) is 8.75. The van der Waals surface area contributed by atoms with Crippen molar-refractivity contribution < 1.29 is 9.53 Å². The summed E-state index contributed by atoms with van der Waals surface area (Å²) >= 11 is 0. The highest BCUT2D eigenvalue weighted by Crippen LogP contribution is 2.27. The summed E-state index contributed by atoms with van der Waals surface area (Å²) in [5.74, 6) is 0. The third-order valence-corrected chi connectivity index (χ3v) is 4.20. The van der Waals surface area contributed by atoms with Gasteiger partial charge in [-0.1, -0.05) is 54.6 Å². The van der Waals surface area contributed by atoms with Crippen LogP contribution in [0.4, 0.5) is 4.79 Å². The van der Waals surface area contributed by atoms with Gasteiger partial charge < -0.3 is 9.64 Å². The van der Waals surface area contributed by atoms with Gasteiger partial charge in [0.1, 0.15) is 5.60 Å². The summed E-state index contributed by atoms with van der Waals surface area (Å²) in [6.45, 7) is 6.97. The number of benzene rings is 2. The lowest BCUT2D eigenvalue weighted by molar-refractivity contribution is 0.0270. The highest BCUT2D eigenvalue weighted by Gasteiger charge is 2.23. The standard InChI is InChI=1S/C22H25NO2/c1-22(2,3)25-21(24)23-14-12-18(13-15-23)20-11-7-10-19(16-20)17-8-5-4-6-9-17/h4-12,16H,13-15H2,1-3H3. The van der Waals surface area contributed by atoms with E-state index in [4.69, 9.17) is 4.74 Å². The third-order valence-electron chi connectivity index (χ3n) is 4.20. The van der Waals surface area contributed by atoms with E-state index in [1.807, 2.05) is 26.8 Å².